The summed E-state index contributed by atoms with van der Waals surface area (Å²) in [5.74, 6) is 2.46. The number of rotatable bonds is 3. The lowest BCUT2D eigenvalue weighted by atomic mass is 9.55. The third-order valence-corrected chi connectivity index (χ3v) is 8.27. The molecule has 2 saturated carbocycles. The number of fused-ring (bicyclic) bond motifs is 5. The van der Waals surface area contributed by atoms with Crippen LogP contribution in [0.5, 0.6) is 5.75 Å². The Kier molecular flexibility index (Phi) is 4.79. The zero-order valence-electron chi connectivity index (χ0n) is 18.3. The van der Waals surface area contributed by atoms with E-state index in [1.165, 1.54) is 42.5 Å². The number of nitrogens with zero attached hydrogens (tertiary/aromatic N) is 4. The Balaban J connectivity index is 1.37. The second kappa shape index (κ2) is 7.36. The lowest BCUT2D eigenvalue weighted by Crippen LogP contribution is -2.42. The maximum atomic E-state index is 9.87. The molecule has 0 unspecified atom stereocenters. The summed E-state index contributed by atoms with van der Waals surface area (Å²) in [5, 5.41) is 23.5. The van der Waals surface area contributed by atoms with Gasteiger partial charge in [0.15, 0.2) is 0 Å². The van der Waals surface area contributed by atoms with E-state index in [4.69, 9.17) is 5.10 Å². The number of benzene rings is 1. The van der Waals surface area contributed by atoms with Gasteiger partial charge in [-0.3, -0.25) is 4.68 Å². The second-order valence-corrected chi connectivity index (χ2v) is 9.59. The van der Waals surface area contributed by atoms with Crippen LogP contribution in [0.2, 0.25) is 0 Å². The summed E-state index contributed by atoms with van der Waals surface area (Å²) in [6.45, 7) is 7.49. The van der Waals surface area contributed by atoms with Gasteiger partial charge in [0.05, 0.1) is 12.4 Å². The summed E-state index contributed by atoms with van der Waals surface area (Å²) in [5.41, 5.74) is 6.51. The molecule has 1 heterocycles. The molecule has 5 nitrogen and oxygen atoms in total. The maximum absolute atomic E-state index is 9.87. The van der Waals surface area contributed by atoms with Crippen molar-refractivity contribution in [1.29, 1.82) is 0 Å². The van der Waals surface area contributed by atoms with Crippen LogP contribution in [-0.2, 0) is 13.0 Å². The number of aromatic nitrogens is 2. The zero-order chi connectivity index (χ0) is 20.9. The summed E-state index contributed by atoms with van der Waals surface area (Å²) in [6, 6.07) is 6.03. The molecule has 0 saturated heterocycles. The summed E-state index contributed by atoms with van der Waals surface area (Å²) >= 11 is 0. The zero-order valence-corrected chi connectivity index (χ0v) is 18.3. The van der Waals surface area contributed by atoms with Gasteiger partial charge < -0.3 is 5.11 Å². The van der Waals surface area contributed by atoms with Crippen molar-refractivity contribution in [2.45, 2.75) is 71.8 Å². The van der Waals surface area contributed by atoms with Crippen molar-refractivity contribution in [3.63, 3.8) is 0 Å². The fourth-order valence-corrected chi connectivity index (χ4v) is 6.59. The number of hydrogen-bond donors (Lipinski definition) is 1. The minimum absolute atomic E-state index is 0.176. The average Bonchev–Trinajstić information content (AvgIpc) is 3.27. The van der Waals surface area contributed by atoms with Gasteiger partial charge in [-0.25, -0.2) is 0 Å². The quantitative estimate of drug-likeness (QED) is 0.561. The normalized spacial score (nSPS) is 31.7. The monoisotopic (exact) mass is 404 g/mol. The number of aromatic hydroxyl groups is 1. The van der Waals surface area contributed by atoms with Gasteiger partial charge in [0.2, 0.25) is 0 Å². The first kappa shape index (κ1) is 19.5. The van der Waals surface area contributed by atoms with Gasteiger partial charge in [-0.1, -0.05) is 13.0 Å². The Morgan fingerprint density at radius 3 is 2.93 bits per heavy atom. The van der Waals surface area contributed by atoms with E-state index in [1.807, 2.05) is 29.2 Å². The standard InChI is InChI=1S/C25H32N4O/c1-4-29-16(2)18(15-27-29)14-26-28-24-10-9-23-22-7-5-17-13-19(30)6-8-20(17)21(22)11-12-25(23,24)3/h6,8,13-15,21-23,30H,4-5,7,9-12H2,1-3H3/b26-14-,28-24-/t21-,22-,23-,25-/m0/s1. The fourth-order valence-electron chi connectivity index (χ4n) is 6.59. The molecule has 1 aromatic heterocycles. The minimum atomic E-state index is 0.176. The fraction of sp³-hybridized carbons (Fsp3) is 0.560. The summed E-state index contributed by atoms with van der Waals surface area (Å²) in [4.78, 5) is 0. The highest BCUT2D eigenvalue weighted by molar-refractivity contribution is 5.93. The van der Waals surface area contributed by atoms with E-state index in [9.17, 15) is 5.11 Å². The molecule has 0 radical (unpaired) electrons. The molecule has 158 valence electrons. The Labute approximate surface area is 178 Å². The van der Waals surface area contributed by atoms with Crippen LogP contribution >= 0.6 is 0 Å². The summed E-state index contributed by atoms with van der Waals surface area (Å²) < 4.78 is 1.99. The molecular weight excluding hydrogens is 372 g/mol. The summed E-state index contributed by atoms with van der Waals surface area (Å²) in [6.07, 6.45) is 10.7. The highest BCUT2D eigenvalue weighted by Gasteiger charge is 2.53. The van der Waals surface area contributed by atoms with Gasteiger partial charge in [-0.15, -0.1) is 0 Å². The van der Waals surface area contributed by atoms with E-state index in [1.54, 1.807) is 0 Å². The molecule has 30 heavy (non-hydrogen) atoms. The maximum Gasteiger partial charge on any atom is 0.115 e. The predicted molar refractivity (Wildman–Crippen MR) is 120 cm³/mol. The first-order valence-electron chi connectivity index (χ1n) is 11.5. The van der Waals surface area contributed by atoms with Gasteiger partial charge in [-0.2, -0.15) is 15.3 Å². The second-order valence-electron chi connectivity index (χ2n) is 9.59. The Morgan fingerprint density at radius 2 is 2.13 bits per heavy atom. The largest absolute Gasteiger partial charge is 0.508 e. The van der Waals surface area contributed by atoms with Crippen LogP contribution in [0.15, 0.2) is 34.6 Å². The van der Waals surface area contributed by atoms with Crippen LogP contribution in [0.25, 0.3) is 0 Å². The van der Waals surface area contributed by atoms with E-state index in [0.717, 1.165) is 36.6 Å². The first-order chi connectivity index (χ1) is 14.5. The third kappa shape index (κ3) is 3.01. The number of phenolic OH excluding ortho intramolecular Hbond substituents is 1. The van der Waals surface area contributed by atoms with Crippen molar-refractivity contribution < 1.29 is 5.11 Å². The average molecular weight is 405 g/mol. The number of phenols is 1. The van der Waals surface area contributed by atoms with E-state index in [2.05, 4.69) is 37.0 Å². The molecule has 3 aliphatic rings. The van der Waals surface area contributed by atoms with Gasteiger partial charge in [0, 0.05) is 28.9 Å². The van der Waals surface area contributed by atoms with Crippen molar-refractivity contribution in [3.05, 3.63) is 46.8 Å². The van der Waals surface area contributed by atoms with Crippen molar-refractivity contribution in [2.24, 2.45) is 27.5 Å². The molecule has 0 aliphatic heterocycles. The van der Waals surface area contributed by atoms with Crippen LogP contribution < -0.4 is 0 Å². The molecule has 0 amide bonds. The highest BCUT2D eigenvalue weighted by atomic mass is 16.3. The van der Waals surface area contributed by atoms with E-state index < -0.39 is 0 Å². The number of aryl methyl sites for hydroxylation is 2. The molecule has 3 aliphatic carbocycles. The Hall–Kier alpha value is -2.43. The van der Waals surface area contributed by atoms with Crippen LogP contribution in [0, 0.1) is 24.2 Å². The van der Waals surface area contributed by atoms with E-state index in [-0.39, 0.29) is 5.41 Å². The smallest absolute Gasteiger partial charge is 0.115 e. The molecule has 2 fully saturated rings. The van der Waals surface area contributed by atoms with Gasteiger partial charge in [0.25, 0.3) is 0 Å². The molecule has 5 rings (SSSR count). The van der Waals surface area contributed by atoms with Gasteiger partial charge in [-0.05, 0) is 93.4 Å². The van der Waals surface area contributed by atoms with Crippen LogP contribution in [0.1, 0.15) is 74.3 Å². The molecule has 5 heteroatoms. The minimum Gasteiger partial charge on any atom is -0.508 e. The lowest BCUT2D eigenvalue weighted by Gasteiger charge is -2.49. The Bertz CT molecular complexity index is 1020. The molecule has 1 aromatic carbocycles. The van der Waals surface area contributed by atoms with E-state index >= 15 is 0 Å². The van der Waals surface area contributed by atoms with Crippen LogP contribution in [0.3, 0.4) is 0 Å². The number of hydrogen-bond acceptors (Lipinski definition) is 4. The molecular formula is C25H32N4O. The van der Waals surface area contributed by atoms with Crippen molar-refractivity contribution in [1.82, 2.24) is 9.78 Å². The van der Waals surface area contributed by atoms with Crippen molar-refractivity contribution in [3.8, 4) is 5.75 Å². The van der Waals surface area contributed by atoms with Gasteiger partial charge >= 0.3 is 0 Å². The SMILES string of the molecule is CCn1ncc(/C=N\N=C2\CC[C@H]3[C@H]4CCc5cc(O)ccc5[C@@H]4CC[C@]23C)c1C. The molecule has 2 aromatic rings. The topological polar surface area (TPSA) is 62.8 Å². The Morgan fingerprint density at radius 1 is 1.27 bits per heavy atom. The van der Waals surface area contributed by atoms with Crippen LogP contribution in [-0.4, -0.2) is 26.8 Å². The van der Waals surface area contributed by atoms with Crippen LogP contribution in [0.4, 0.5) is 0 Å². The molecule has 1 N–H and O–H groups in total. The van der Waals surface area contributed by atoms with Gasteiger partial charge in [0.1, 0.15) is 5.75 Å². The lowest BCUT2D eigenvalue weighted by molar-refractivity contribution is 0.0955. The van der Waals surface area contributed by atoms with Crippen molar-refractivity contribution >= 4 is 11.9 Å². The molecule has 4 atom stereocenters. The molecule has 0 spiro atoms. The third-order valence-electron chi connectivity index (χ3n) is 8.27. The van der Waals surface area contributed by atoms with Crippen molar-refractivity contribution in [2.75, 3.05) is 0 Å². The molecule has 0 bridgehead atoms. The van der Waals surface area contributed by atoms with E-state index in [0.29, 0.717) is 17.6 Å². The highest BCUT2D eigenvalue weighted by Crippen LogP contribution is 2.60. The summed E-state index contributed by atoms with van der Waals surface area (Å²) in [7, 11) is 0. The first-order valence-corrected chi connectivity index (χ1v) is 11.5. The predicted octanol–water partition coefficient (Wildman–Crippen LogP) is 5.25.